The van der Waals surface area contributed by atoms with E-state index in [1.54, 1.807) is 25.2 Å². The van der Waals surface area contributed by atoms with Crippen LogP contribution in [0, 0.1) is 29.5 Å². The number of likely N-dealkylation sites (tertiary alicyclic amines) is 1. The smallest absolute Gasteiger partial charge is 0.233 e. The SMILES string of the molecule is CCC(CNC(=NC)NCCN1C(=O)C2C3C=CC(C3)C2C1=O)Oc1ccccc1F. The van der Waals surface area contributed by atoms with Gasteiger partial charge in [0, 0.05) is 20.1 Å². The van der Waals surface area contributed by atoms with Crippen molar-refractivity contribution in [2.24, 2.45) is 28.7 Å². The van der Waals surface area contributed by atoms with Crippen LogP contribution in [0.1, 0.15) is 19.8 Å². The first-order valence-corrected chi connectivity index (χ1v) is 10.9. The number of allylic oxidation sites excluding steroid dienone is 2. The Balaban J connectivity index is 1.24. The molecule has 2 aliphatic carbocycles. The Morgan fingerprint density at radius 3 is 2.48 bits per heavy atom. The third kappa shape index (κ3) is 4.16. The summed E-state index contributed by atoms with van der Waals surface area (Å²) in [6.45, 7) is 3.12. The van der Waals surface area contributed by atoms with Gasteiger partial charge in [-0.15, -0.1) is 0 Å². The van der Waals surface area contributed by atoms with E-state index < -0.39 is 5.82 Å². The fourth-order valence-corrected chi connectivity index (χ4v) is 4.89. The third-order valence-electron chi connectivity index (χ3n) is 6.50. The lowest BCUT2D eigenvalue weighted by molar-refractivity contribution is -0.140. The largest absolute Gasteiger partial charge is 0.486 e. The minimum atomic E-state index is -0.392. The van der Waals surface area contributed by atoms with Gasteiger partial charge in [0.1, 0.15) is 6.10 Å². The Kier molecular flexibility index (Phi) is 6.25. The van der Waals surface area contributed by atoms with Crippen molar-refractivity contribution >= 4 is 17.8 Å². The molecule has 2 fully saturated rings. The van der Waals surface area contributed by atoms with Crippen molar-refractivity contribution in [3.63, 3.8) is 0 Å². The van der Waals surface area contributed by atoms with Crippen molar-refractivity contribution in [2.75, 3.05) is 26.7 Å². The summed E-state index contributed by atoms with van der Waals surface area (Å²) in [5.74, 6) is 0.398. The van der Waals surface area contributed by atoms with Crippen LogP contribution < -0.4 is 15.4 Å². The third-order valence-corrected chi connectivity index (χ3v) is 6.50. The molecular weight excluding hydrogens is 399 g/mol. The zero-order chi connectivity index (χ0) is 22.0. The second kappa shape index (κ2) is 9.08. The van der Waals surface area contributed by atoms with Gasteiger partial charge in [-0.25, -0.2) is 4.39 Å². The number of hydrogen-bond acceptors (Lipinski definition) is 4. The molecule has 3 aliphatic rings. The number of nitrogens with one attached hydrogen (secondary N) is 2. The van der Waals surface area contributed by atoms with Crippen LogP contribution in [-0.2, 0) is 9.59 Å². The molecular formula is C23H29FN4O3. The van der Waals surface area contributed by atoms with Gasteiger partial charge < -0.3 is 15.4 Å². The number of guanidine groups is 1. The zero-order valence-electron chi connectivity index (χ0n) is 17.9. The summed E-state index contributed by atoms with van der Waals surface area (Å²) in [6, 6.07) is 6.33. The van der Waals surface area contributed by atoms with Crippen LogP contribution in [0.25, 0.3) is 0 Å². The Hall–Kier alpha value is -2.90. The van der Waals surface area contributed by atoms with E-state index in [1.807, 2.05) is 6.92 Å². The maximum Gasteiger partial charge on any atom is 0.233 e. The molecule has 1 saturated heterocycles. The molecule has 1 heterocycles. The van der Waals surface area contributed by atoms with Crippen molar-refractivity contribution in [3.05, 3.63) is 42.2 Å². The number of rotatable bonds is 8. The van der Waals surface area contributed by atoms with Crippen LogP contribution in [0.3, 0.4) is 0 Å². The highest BCUT2D eigenvalue weighted by molar-refractivity contribution is 6.06. The van der Waals surface area contributed by atoms with E-state index in [0.29, 0.717) is 32.0 Å². The first-order valence-electron chi connectivity index (χ1n) is 10.9. The van der Waals surface area contributed by atoms with Crippen molar-refractivity contribution in [3.8, 4) is 5.75 Å². The monoisotopic (exact) mass is 428 g/mol. The van der Waals surface area contributed by atoms with Gasteiger partial charge in [0.2, 0.25) is 11.8 Å². The molecule has 0 radical (unpaired) electrons. The van der Waals surface area contributed by atoms with Crippen molar-refractivity contribution in [1.29, 1.82) is 0 Å². The van der Waals surface area contributed by atoms with Gasteiger partial charge in [0.25, 0.3) is 0 Å². The summed E-state index contributed by atoms with van der Waals surface area (Å²) in [7, 11) is 1.65. The minimum Gasteiger partial charge on any atom is -0.486 e. The molecule has 1 aromatic rings. The molecule has 1 aromatic carbocycles. The van der Waals surface area contributed by atoms with Gasteiger partial charge in [0.05, 0.1) is 18.4 Å². The first-order chi connectivity index (χ1) is 15.0. The van der Waals surface area contributed by atoms with Crippen LogP contribution in [0.15, 0.2) is 41.4 Å². The molecule has 2 bridgehead atoms. The molecule has 5 unspecified atom stereocenters. The number of nitrogens with zero attached hydrogens (tertiary/aromatic N) is 2. The maximum absolute atomic E-state index is 13.8. The van der Waals surface area contributed by atoms with E-state index in [4.69, 9.17) is 4.74 Å². The quantitative estimate of drug-likeness (QED) is 0.286. The molecule has 2 N–H and O–H groups in total. The number of halogens is 1. The number of amides is 2. The Labute approximate surface area is 181 Å². The van der Waals surface area contributed by atoms with Gasteiger partial charge in [-0.1, -0.05) is 31.2 Å². The summed E-state index contributed by atoms with van der Waals surface area (Å²) in [6.07, 6.45) is 5.58. The number of hydrogen-bond donors (Lipinski definition) is 2. The van der Waals surface area contributed by atoms with Crippen molar-refractivity contribution < 1.29 is 18.7 Å². The van der Waals surface area contributed by atoms with Gasteiger partial charge in [-0.2, -0.15) is 0 Å². The normalized spacial score (nSPS) is 27.6. The summed E-state index contributed by atoms with van der Waals surface area (Å²) in [4.78, 5) is 31.1. The summed E-state index contributed by atoms with van der Waals surface area (Å²) < 4.78 is 19.6. The number of aliphatic imine (C=N–C) groups is 1. The number of fused-ring (bicyclic) bond motifs is 5. The van der Waals surface area contributed by atoms with E-state index in [9.17, 15) is 14.0 Å². The maximum atomic E-state index is 13.8. The second-order valence-corrected chi connectivity index (χ2v) is 8.29. The van der Waals surface area contributed by atoms with Gasteiger partial charge >= 0.3 is 0 Å². The van der Waals surface area contributed by atoms with Crippen LogP contribution in [0.2, 0.25) is 0 Å². The number of benzene rings is 1. The molecule has 5 atom stereocenters. The average molecular weight is 429 g/mol. The molecule has 31 heavy (non-hydrogen) atoms. The van der Waals surface area contributed by atoms with Crippen LogP contribution in [0.5, 0.6) is 5.75 Å². The van der Waals surface area contributed by atoms with Crippen molar-refractivity contribution in [2.45, 2.75) is 25.9 Å². The Morgan fingerprint density at radius 2 is 1.87 bits per heavy atom. The lowest BCUT2D eigenvalue weighted by Crippen LogP contribution is -2.46. The van der Waals surface area contributed by atoms with Crippen molar-refractivity contribution in [1.82, 2.24) is 15.5 Å². The summed E-state index contributed by atoms with van der Waals surface area (Å²) >= 11 is 0. The number of carbonyl (C=O) groups excluding carboxylic acids is 2. The molecule has 1 aliphatic heterocycles. The zero-order valence-corrected chi connectivity index (χ0v) is 17.9. The predicted octanol–water partition coefficient (Wildman–Crippen LogP) is 1.96. The van der Waals surface area contributed by atoms with E-state index in [2.05, 4.69) is 27.8 Å². The minimum absolute atomic E-state index is 0.0408. The molecule has 8 heteroatoms. The Bertz CT molecular complexity index is 873. The molecule has 4 rings (SSSR count). The number of para-hydroxylation sites is 1. The number of carbonyl (C=O) groups is 2. The topological polar surface area (TPSA) is 83.0 Å². The first kappa shape index (κ1) is 21.3. The lowest BCUT2D eigenvalue weighted by Gasteiger charge is -2.21. The van der Waals surface area contributed by atoms with Crippen LogP contribution >= 0.6 is 0 Å². The Morgan fingerprint density at radius 1 is 1.19 bits per heavy atom. The predicted molar refractivity (Wildman–Crippen MR) is 115 cm³/mol. The standard InChI is InChI=1S/C23H29FN4O3/c1-3-16(31-18-7-5-4-6-17(18)24)13-27-23(25-2)26-10-11-28-21(29)19-14-8-9-15(12-14)20(19)22(28)30/h4-9,14-16,19-20H,3,10-13H2,1-2H3,(H2,25,26,27). The lowest BCUT2D eigenvalue weighted by atomic mass is 9.85. The molecule has 1 saturated carbocycles. The highest BCUT2D eigenvalue weighted by Crippen LogP contribution is 2.52. The van der Waals surface area contributed by atoms with E-state index in [0.717, 1.165) is 6.42 Å². The van der Waals surface area contributed by atoms with Gasteiger partial charge in [-0.3, -0.25) is 19.5 Å². The molecule has 0 aromatic heterocycles. The summed E-state index contributed by atoms with van der Waals surface area (Å²) in [5, 5.41) is 6.31. The van der Waals surface area contributed by atoms with Gasteiger partial charge in [-0.05, 0) is 36.8 Å². The molecule has 0 spiro atoms. The van der Waals surface area contributed by atoms with E-state index in [1.165, 1.54) is 11.0 Å². The fourth-order valence-electron chi connectivity index (χ4n) is 4.89. The fraction of sp³-hybridized carbons (Fsp3) is 0.522. The second-order valence-electron chi connectivity index (χ2n) is 8.29. The van der Waals surface area contributed by atoms with E-state index >= 15 is 0 Å². The highest BCUT2D eigenvalue weighted by Gasteiger charge is 2.58. The molecule has 7 nitrogen and oxygen atoms in total. The molecule has 166 valence electrons. The van der Waals surface area contributed by atoms with Crippen LogP contribution in [-0.4, -0.2) is 55.5 Å². The molecule has 2 amide bonds. The number of ether oxygens (including phenoxy) is 1. The van der Waals surface area contributed by atoms with Crippen LogP contribution in [0.4, 0.5) is 4.39 Å². The number of imide groups is 1. The van der Waals surface area contributed by atoms with Gasteiger partial charge in [0.15, 0.2) is 17.5 Å². The van der Waals surface area contributed by atoms with E-state index in [-0.39, 0.29) is 47.3 Å². The summed E-state index contributed by atoms with van der Waals surface area (Å²) in [5.41, 5.74) is 0. The average Bonchev–Trinajstić information content (AvgIpc) is 3.46. The highest BCUT2D eigenvalue weighted by atomic mass is 19.1.